The molecule has 12 heavy (non-hydrogen) atoms. The standard InChI is InChI=1S/C9H20N2S/c1-7-4-8(11-12-10)6-9(2,3)5-7/h7-8,11H,4-6,10H2,1-3H3. The van der Waals surface area contributed by atoms with Crippen LogP contribution in [0.25, 0.3) is 0 Å². The van der Waals surface area contributed by atoms with Crippen molar-refractivity contribution < 1.29 is 0 Å². The number of nitrogens with one attached hydrogen (secondary N) is 1. The van der Waals surface area contributed by atoms with E-state index < -0.39 is 0 Å². The van der Waals surface area contributed by atoms with Gasteiger partial charge >= 0.3 is 0 Å². The van der Waals surface area contributed by atoms with Crippen LogP contribution >= 0.6 is 12.1 Å². The highest BCUT2D eigenvalue weighted by molar-refractivity contribution is 7.95. The van der Waals surface area contributed by atoms with Gasteiger partial charge in [0.05, 0.1) is 0 Å². The van der Waals surface area contributed by atoms with Crippen molar-refractivity contribution in [3.63, 3.8) is 0 Å². The zero-order valence-electron chi connectivity index (χ0n) is 8.26. The van der Waals surface area contributed by atoms with Crippen LogP contribution in [0.1, 0.15) is 40.0 Å². The Morgan fingerprint density at radius 2 is 2.08 bits per heavy atom. The molecule has 1 rings (SSSR count). The van der Waals surface area contributed by atoms with E-state index in [9.17, 15) is 0 Å². The largest absolute Gasteiger partial charge is 0.264 e. The third-order valence-corrected chi connectivity index (χ3v) is 3.09. The molecule has 1 aliphatic rings. The first-order chi connectivity index (χ1) is 5.53. The monoisotopic (exact) mass is 188 g/mol. The molecule has 3 heteroatoms. The summed E-state index contributed by atoms with van der Waals surface area (Å²) < 4.78 is 3.26. The molecule has 0 aromatic heterocycles. The van der Waals surface area contributed by atoms with Crippen LogP contribution in [0.4, 0.5) is 0 Å². The lowest BCUT2D eigenvalue weighted by atomic mass is 9.71. The second-order valence-electron chi connectivity index (χ2n) is 4.85. The van der Waals surface area contributed by atoms with Gasteiger partial charge in [-0.25, -0.2) is 4.72 Å². The molecule has 0 heterocycles. The molecule has 0 amide bonds. The topological polar surface area (TPSA) is 38.0 Å². The fourth-order valence-corrected chi connectivity index (χ4v) is 2.90. The molecule has 0 aromatic carbocycles. The first kappa shape index (κ1) is 10.4. The van der Waals surface area contributed by atoms with Crippen LogP contribution in [0.2, 0.25) is 0 Å². The van der Waals surface area contributed by atoms with Gasteiger partial charge in [-0.1, -0.05) is 20.8 Å². The molecule has 0 saturated heterocycles. The van der Waals surface area contributed by atoms with E-state index in [1.165, 1.54) is 31.4 Å². The minimum Gasteiger partial charge on any atom is -0.264 e. The highest BCUT2D eigenvalue weighted by Gasteiger charge is 2.31. The van der Waals surface area contributed by atoms with E-state index in [1.54, 1.807) is 0 Å². The van der Waals surface area contributed by atoms with Crippen molar-refractivity contribution in [3.05, 3.63) is 0 Å². The van der Waals surface area contributed by atoms with Gasteiger partial charge < -0.3 is 0 Å². The van der Waals surface area contributed by atoms with Gasteiger partial charge in [-0.05, 0) is 30.6 Å². The Kier molecular flexibility index (Phi) is 3.44. The molecule has 0 aliphatic heterocycles. The first-order valence-electron chi connectivity index (χ1n) is 4.65. The molecule has 0 bridgehead atoms. The van der Waals surface area contributed by atoms with E-state index in [0.717, 1.165) is 5.92 Å². The molecule has 3 N–H and O–H groups in total. The number of nitrogens with two attached hydrogens (primary N) is 1. The van der Waals surface area contributed by atoms with Gasteiger partial charge in [-0.2, -0.15) is 0 Å². The fraction of sp³-hybridized carbons (Fsp3) is 1.00. The molecule has 1 saturated carbocycles. The van der Waals surface area contributed by atoms with E-state index in [-0.39, 0.29) is 0 Å². The lowest BCUT2D eigenvalue weighted by Crippen LogP contribution is -2.37. The van der Waals surface area contributed by atoms with E-state index in [4.69, 9.17) is 5.14 Å². The third-order valence-electron chi connectivity index (χ3n) is 2.62. The van der Waals surface area contributed by atoms with E-state index in [1.807, 2.05) is 0 Å². The lowest BCUT2D eigenvalue weighted by Gasteiger charge is -2.38. The van der Waals surface area contributed by atoms with Gasteiger partial charge in [0.1, 0.15) is 0 Å². The summed E-state index contributed by atoms with van der Waals surface area (Å²) >= 11 is 1.26. The first-order valence-corrected chi connectivity index (χ1v) is 5.53. The second-order valence-corrected chi connectivity index (χ2v) is 5.32. The zero-order valence-corrected chi connectivity index (χ0v) is 9.08. The molecule has 2 unspecified atom stereocenters. The Morgan fingerprint density at radius 1 is 1.42 bits per heavy atom. The Morgan fingerprint density at radius 3 is 2.58 bits per heavy atom. The van der Waals surface area contributed by atoms with Crippen molar-refractivity contribution in [1.82, 2.24) is 4.72 Å². The summed E-state index contributed by atoms with van der Waals surface area (Å²) in [6, 6.07) is 0.610. The zero-order chi connectivity index (χ0) is 9.19. The summed E-state index contributed by atoms with van der Waals surface area (Å²) in [6.07, 6.45) is 3.87. The van der Waals surface area contributed by atoms with Crippen LogP contribution in [0.3, 0.4) is 0 Å². The normalized spacial score (nSPS) is 35.0. The van der Waals surface area contributed by atoms with E-state index >= 15 is 0 Å². The van der Waals surface area contributed by atoms with Gasteiger partial charge in [0.15, 0.2) is 0 Å². The minimum absolute atomic E-state index is 0.491. The highest BCUT2D eigenvalue weighted by atomic mass is 32.2. The Balaban J connectivity index is 2.46. The Bertz CT molecular complexity index is 147. The van der Waals surface area contributed by atoms with Crippen molar-refractivity contribution >= 4 is 12.1 Å². The van der Waals surface area contributed by atoms with Crippen LogP contribution < -0.4 is 9.86 Å². The summed E-state index contributed by atoms with van der Waals surface area (Å²) in [5, 5.41) is 5.40. The van der Waals surface area contributed by atoms with Gasteiger partial charge in [0, 0.05) is 18.2 Å². The van der Waals surface area contributed by atoms with Crippen LogP contribution in [0.5, 0.6) is 0 Å². The van der Waals surface area contributed by atoms with Gasteiger partial charge in [-0.3, -0.25) is 5.14 Å². The maximum Gasteiger partial charge on any atom is 0.0191 e. The summed E-state index contributed by atoms with van der Waals surface area (Å²) in [5.74, 6) is 0.832. The predicted molar refractivity (Wildman–Crippen MR) is 55.5 cm³/mol. The summed E-state index contributed by atoms with van der Waals surface area (Å²) in [4.78, 5) is 0. The van der Waals surface area contributed by atoms with Gasteiger partial charge in [0.2, 0.25) is 0 Å². The van der Waals surface area contributed by atoms with Crippen molar-refractivity contribution in [2.24, 2.45) is 16.5 Å². The van der Waals surface area contributed by atoms with Crippen LogP contribution in [-0.4, -0.2) is 6.04 Å². The van der Waals surface area contributed by atoms with E-state index in [0.29, 0.717) is 11.5 Å². The number of rotatable bonds is 2. The maximum atomic E-state index is 5.40. The average Bonchev–Trinajstić information content (AvgIpc) is 1.82. The second kappa shape index (κ2) is 3.99. The Hall–Kier alpha value is 0.270. The fourth-order valence-electron chi connectivity index (χ4n) is 2.53. The SMILES string of the molecule is CC1CC(NSN)CC(C)(C)C1. The lowest BCUT2D eigenvalue weighted by molar-refractivity contribution is 0.164. The molecule has 0 spiro atoms. The van der Waals surface area contributed by atoms with Crippen LogP contribution in [0.15, 0.2) is 0 Å². The van der Waals surface area contributed by atoms with Crippen molar-refractivity contribution in [2.75, 3.05) is 0 Å². The molecule has 2 atom stereocenters. The number of hydrogen-bond donors (Lipinski definition) is 2. The molecule has 2 nitrogen and oxygen atoms in total. The molecule has 0 aromatic rings. The summed E-state index contributed by atoms with van der Waals surface area (Å²) in [5.41, 5.74) is 0.491. The Labute approximate surface area is 79.9 Å². The molecule has 0 radical (unpaired) electrons. The number of hydrogen-bond acceptors (Lipinski definition) is 3. The smallest absolute Gasteiger partial charge is 0.0191 e. The van der Waals surface area contributed by atoms with Crippen molar-refractivity contribution in [2.45, 2.75) is 46.1 Å². The molecule has 1 fully saturated rings. The van der Waals surface area contributed by atoms with Crippen LogP contribution in [0, 0.1) is 11.3 Å². The molecule has 1 aliphatic carbocycles. The highest BCUT2D eigenvalue weighted by Crippen LogP contribution is 2.38. The maximum absolute atomic E-state index is 5.40. The quantitative estimate of drug-likeness (QED) is 0.653. The third kappa shape index (κ3) is 2.96. The summed E-state index contributed by atoms with van der Waals surface area (Å²) in [6.45, 7) is 7.02. The molecule has 72 valence electrons. The predicted octanol–water partition coefficient (Wildman–Crippen LogP) is 2.31. The van der Waals surface area contributed by atoms with Gasteiger partial charge in [-0.15, -0.1) is 0 Å². The van der Waals surface area contributed by atoms with Crippen molar-refractivity contribution in [1.29, 1.82) is 0 Å². The molecular weight excluding hydrogens is 168 g/mol. The molecular formula is C9H20N2S. The summed E-state index contributed by atoms with van der Waals surface area (Å²) in [7, 11) is 0. The minimum atomic E-state index is 0.491. The van der Waals surface area contributed by atoms with Crippen LogP contribution in [-0.2, 0) is 0 Å². The van der Waals surface area contributed by atoms with E-state index in [2.05, 4.69) is 25.5 Å². The van der Waals surface area contributed by atoms with Crippen molar-refractivity contribution in [3.8, 4) is 0 Å². The van der Waals surface area contributed by atoms with Gasteiger partial charge in [0.25, 0.3) is 0 Å². The average molecular weight is 188 g/mol.